The Hall–Kier alpha value is -3.26. The van der Waals surface area contributed by atoms with Crippen LogP contribution in [0.5, 0.6) is 11.5 Å². The maximum Gasteiger partial charge on any atom is 0.244 e. The van der Waals surface area contributed by atoms with Gasteiger partial charge in [-0.15, -0.1) is 10.2 Å². The molecule has 0 aliphatic rings. The second-order valence-electron chi connectivity index (χ2n) is 6.90. The van der Waals surface area contributed by atoms with Gasteiger partial charge in [0, 0.05) is 18.9 Å². The van der Waals surface area contributed by atoms with Gasteiger partial charge in [0.25, 0.3) is 0 Å². The van der Waals surface area contributed by atoms with Gasteiger partial charge in [0.1, 0.15) is 0 Å². The molecule has 0 bridgehead atoms. The van der Waals surface area contributed by atoms with Crippen LogP contribution in [-0.2, 0) is 24.1 Å². The van der Waals surface area contributed by atoms with Crippen molar-refractivity contribution in [3.8, 4) is 11.5 Å². The van der Waals surface area contributed by atoms with Gasteiger partial charge in [-0.3, -0.25) is 4.79 Å². The molecule has 0 unspecified atom stereocenters. The number of aromatic nitrogens is 3. The molecule has 0 saturated heterocycles. The van der Waals surface area contributed by atoms with E-state index in [1.807, 2.05) is 23.7 Å². The lowest BCUT2D eigenvalue weighted by atomic mass is 10.2. The molecule has 162 valence electrons. The number of thioether (sulfide) groups is 1. The average molecular weight is 439 g/mol. The quantitative estimate of drug-likeness (QED) is 0.405. The van der Waals surface area contributed by atoms with Crippen molar-refractivity contribution in [2.24, 2.45) is 7.05 Å². The first kappa shape index (κ1) is 22.4. The van der Waals surface area contributed by atoms with Gasteiger partial charge in [-0.05, 0) is 36.3 Å². The summed E-state index contributed by atoms with van der Waals surface area (Å²) in [5.74, 6) is 2.54. The van der Waals surface area contributed by atoms with Gasteiger partial charge in [0.05, 0.1) is 20.8 Å². The van der Waals surface area contributed by atoms with Gasteiger partial charge < -0.3 is 19.4 Å². The molecule has 7 nitrogen and oxygen atoms in total. The second-order valence-corrected chi connectivity index (χ2v) is 7.84. The van der Waals surface area contributed by atoms with Crippen molar-refractivity contribution in [2.45, 2.75) is 24.4 Å². The first-order valence-corrected chi connectivity index (χ1v) is 10.7. The Labute approximate surface area is 186 Å². The maximum atomic E-state index is 12.2. The van der Waals surface area contributed by atoms with Crippen LogP contribution in [0.25, 0.3) is 6.08 Å². The lowest BCUT2D eigenvalue weighted by molar-refractivity contribution is -0.116. The first-order chi connectivity index (χ1) is 15.0. The lowest BCUT2D eigenvalue weighted by Gasteiger charge is -2.07. The highest BCUT2D eigenvalue weighted by molar-refractivity contribution is 7.98. The molecule has 0 spiro atoms. The third kappa shape index (κ3) is 6.11. The number of benzene rings is 2. The number of hydrogen-bond donors (Lipinski definition) is 1. The summed E-state index contributed by atoms with van der Waals surface area (Å²) in [6.45, 7) is 2.37. The van der Waals surface area contributed by atoms with Gasteiger partial charge in [0.15, 0.2) is 22.5 Å². The van der Waals surface area contributed by atoms with E-state index in [0.717, 1.165) is 16.5 Å². The number of hydrogen-bond acceptors (Lipinski definition) is 6. The van der Waals surface area contributed by atoms with E-state index in [9.17, 15) is 4.79 Å². The summed E-state index contributed by atoms with van der Waals surface area (Å²) < 4.78 is 12.4. The lowest BCUT2D eigenvalue weighted by Crippen LogP contribution is -2.22. The van der Waals surface area contributed by atoms with Crippen LogP contribution in [0.15, 0.2) is 53.7 Å². The number of nitrogens with one attached hydrogen (secondary N) is 1. The zero-order valence-corrected chi connectivity index (χ0v) is 18.9. The first-order valence-electron chi connectivity index (χ1n) is 9.74. The molecule has 1 N–H and O–H groups in total. The second kappa shape index (κ2) is 10.7. The van der Waals surface area contributed by atoms with E-state index >= 15 is 0 Å². The predicted molar refractivity (Wildman–Crippen MR) is 122 cm³/mol. The van der Waals surface area contributed by atoms with E-state index in [-0.39, 0.29) is 5.91 Å². The molecule has 0 saturated carbocycles. The number of aryl methyl sites for hydroxylation is 1. The van der Waals surface area contributed by atoms with Gasteiger partial charge >= 0.3 is 0 Å². The molecule has 0 aliphatic carbocycles. The van der Waals surface area contributed by atoms with Gasteiger partial charge in [-0.25, -0.2) is 0 Å². The molecule has 0 fully saturated rings. The summed E-state index contributed by atoms with van der Waals surface area (Å²) in [6, 6.07) is 13.9. The predicted octanol–water partition coefficient (Wildman–Crippen LogP) is 3.76. The van der Waals surface area contributed by atoms with Crippen LogP contribution in [0.1, 0.15) is 22.5 Å². The highest BCUT2D eigenvalue weighted by Gasteiger charge is 2.10. The molecule has 1 heterocycles. The summed E-state index contributed by atoms with van der Waals surface area (Å²) in [4.78, 5) is 12.2. The Bertz CT molecular complexity index is 1060. The maximum absolute atomic E-state index is 12.2. The number of nitrogens with zero attached hydrogens (tertiary/aromatic N) is 3. The molecule has 8 heteroatoms. The number of carbonyl (C=O) groups excluding carboxylic acids is 1. The molecular weight excluding hydrogens is 412 g/mol. The molecule has 31 heavy (non-hydrogen) atoms. The van der Waals surface area contributed by atoms with Crippen molar-refractivity contribution < 1.29 is 14.3 Å². The molecule has 0 aliphatic heterocycles. The van der Waals surface area contributed by atoms with Crippen LogP contribution in [-0.4, -0.2) is 34.9 Å². The van der Waals surface area contributed by atoms with Crippen LogP contribution in [0.4, 0.5) is 0 Å². The minimum absolute atomic E-state index is 0.216. The molecule has 0 radical (unpaired) electrons. The molecule has 1 aromatic heterocycles. The highest BCUT2D eigenvalue weighted by atomic mass is 32.2. The fourth-order valence-electron chi connectivity index (χ4n) is 2.81. The van der Waals surface area contributed by atoms with Crippen molar-refractivity contribution in [2.75, 3.05) is 14.2 Å². The SMILES string of the molecule is COc1ccc(C=CC(=O)NCc2nnc(SCc3ccc(C)cc3)n2C)cc1OC. The number of methoxy groups -OCH3 is 2. The van der Waals surface area contributed by atoms with Gasteiger partial charge in [-0.1, -0.05) is 47.7 Å². The van der Waals surface area contributed by atoms with E-state index < -0.39 is 0 Å². The van der Waals surface area contributed by atoms with Gasteiger partial charge in [0.2, 0.25) is 5.91 Å². The monoisotopic (exact) mass is 438 g/mol. The third-order valence-corrected chi connectivity index (χ3v) is 5.76. The van der Waals surface area contributed by atoms with Crippen molar-refractivity contribution in [3.05, 3.63) is 71.1 Å². The summed E-state index contributed by atoms with van der Waals surface area (Å²) >= 11 is 1.62. The van der Waals surface area contributed by atoms with E-state index in [4.69, 9.17) is 9.47 Å². The Morgan fingerprint density at radius 2 is 1.84 bits per heavy atom. The number of rotatable bonds is 9. The zero-order valence-electron chi connectivity index (χ0n) is 18.1. The average Bonchev–Trinajstić information content (AvgIpc) is 3.14. The molecule has 2 aromatic carbocycles. The summed E-state index contributed by atoms with van der Waals surface area (Å²) in [5, 5.41) is 12.1. The third-order valence-electron chi connectivity index (χ3n) is 4.67. The number of ether oxygens (including phenoxy) is 2. The largest absolute Gasteiger partial charge is 0.493 e. The number of carbonyl (C=O) groups is 1. The molecular formula is C23H26N4O3S. The van der Waals surface area contributed by atoms with Crippen LogP contribution in [0, 0.1) is 6.92 Å². The van der Waals surface area contributed by atoms with Crippen LogP contribution >= 0.6 is 11.8 Å². The summed E-state index contributed by atoms with van der Waals surface area (Å²) in [6.07, 6.45) is 3.20. The van der Waals surface area contributed by atoms with E-state index in [1.165, 1.54) is 17.2 Å². The topological polar surface area (TPSA) is 78.3 Å². The zero-order chi connectivity index (χ0) is 22.2. The standard InChI is InChI=1S/C23H26N4O3S/c1-16-5-7-18(8-6-16)15-31-23-26-25-21(27(23)2)14-24-22(28)12-10-17-9-11-19(29-3)20(13-17)30-4/h5-13H,14-15H2,1-4H3,(H,24,28). The Kier molecular flexibility index (Phi) is 7.72. The van der Waals surface area contributed by atoms with Crippen molar-refractivity contribution in [1.29, 1.82) is 0 Å². The van der Waals surface area contributed by atoms with Crippen LogP contribution < -0.4 is 14.8 Å². The highest BCUT2D eigenvalue weighted by Crippen LogP contribution is 2.28. The van der Waals surface area contributed by atoms with Crippen molar-refractivity contribution >= 4 is 23.7 Å². The summed E-state index contributed by atoms with van der Waals surface area (Å²) in [5.41, 5.74) is 3.31. The Morgan fingerprint density at radius 3 is 2.55 bits per heavy atom. The van der Waals surface area contributed by atoms with E-state index in [2.05, 4.69) is 46.7 Å². The summed E-state index contributed by atoms with van der Waals surface area (Å²) in [7, 11) is 5.06. The van der Waals surface area contributed by atoms with Crippen molar-refractivity contribution in [1.82, 2.24) is 20.1 Å². The smallest absolute Gasteiger partial charge is 0.244 e. The molecule has 3 rings (SSSR count). The van der Waals surface area contributed by atoms with Crippen LogP contribution in [0.2, 0.25) is 0 Å². The number of amides is 1. The minimum atomic E-state index is -0.216. The fourth-order valence-corrected chi connectivity index (χ4v) is 3.70. The Morgan fingerprint density at radius 1 is 1.10 bits per heavy atom. The Balaban J connectivity index is 1.53. The van der Waals surface area contributed by atoms with E-state index in [0.29, 0.717) is 23.9 Å². The normalized spacial score (nSPS) is 11.0. The minimum Gasteiger partial charge on any atom is -0.493 e. The molecule has 0 atom stereocenters. The van der Waals surface area contributed by atoms with E-state index in [1.54, 1.807) is 38.1 Å². The van der Waals surface area contributed by atoms with Crippen LogP contribution in [0.3, 0.4) is 0 Å². The molecule has 1 amide bonds. The van der Waals surface area contributed by atoms with Crippen molar-refractivity contribution in [3.63, 3.8) is 0 Å². The van der Waals surface area contributed by atoms with Gasteiger partial charge in [-0.2, -0.15) is 0 Å². The molecule has 3 aromatic rings. The fraction of sp³-hybridized carbons (Fsp3) is 0.261.